The lowest BCUT2D eigenvalue weighted by molar-refractivity contribution is 0.662. The molecule has 0 bridgehead atoms. The molecule has 1 heteroatoms. The Kier molecular flexibility index (Phi) is 1.51. The second-order valence-corrected chi connectivity index (χ2v) is 4.90. The Morgan fingerprint density at radius 3 is 2.57 bits per heavy atom. The highest BCUT2D eigenvalue weighted by Gasteiger charge is 2.36. The van der Waals surface area contributed by atoms with Crippen molar-refractivity contribution in [1.82, 2.24) is 0 Å². The minimum Gasteiger partial charge on any atom is -0.365 e. The monoisotopic (exact) mass is 187 g/mol. The molecular formula is C13H17N. The molecule has 0 saturated carbocycles. The van der Waals surface area contributed by atoms with E-state index in [1.807, 2.05) is 0 Å². The fourth-order valence-corrected chi connectivity index (χ4v) is 2.68. The molecule has 1 fully saturated rings. The van der Waals surface area contributed by atoms with E-state index in [0.717, 1.165) is 12.0 Å². The van der Waals surface area contributed by atoms with Crippen molar-refractivity contribution in [2.75, 3.05) is 11.4 Å². The lowest BCUT2D eigenvalue weighted by atomic mass is 9.75. The molecule has 14 heavy (non-hydrogen) atoms. The van der Waals surface area contributed by atoms with E-state index in [1.54, 1.807) is 11.1 Å². The molecule has 2 aliphatic rings. The molecule has 0 amide bonds. The largest absolute Gasteiger partial charge is 0.365 e. The van der Waals surface area contributed by atoms with Crippen LogP contribution in [0.5, 0.6) is 0 Å². The molecule has 1 saturated heterocycles. The fraction of sp³-hybridized carbons (Fsp3) is 0.538. The van der Waals surface area contributed by atoms with Crippen molar-refractivity contribution in [2.45, 2.75) is 39.2 Å². The number of nitrogens with zero attached hydrogens (tertiary/aromatic N) is 1. The van der Waals surface area contributed by atoms with Gasteiger partial charge in [-0.3, -0.25) is 0 Å². The molecular weight excluding hydrogens is 170 g/mol. The van der Waals surface area contributed by atoms with Crippen molar-refractivity contribution in [2.24, 2.45) is 0 Å². The Bertz CT molecular complexity index is 394. The zero-order chi connectivity index (χ0) is 9.87. The van der Waals surface area contributed by atoms with Gasteiger partial charge in [0.1, 0.15) is 0 Å². The molecule has 74 valence electrons. The van der Waals surface area contributed by atoms with E-state index < -0.39 is 0 Å². The molecule has 1 aliphatic carbocycles. The van der Waals surface area contributed by atoms with Gasteiger partial charge in [-0.05, 0) is 48.9 Å². The van der Waals surface area contributed by atoms with Crippen LogP contribution in [0.2, 0.25) is 0 Å². The second kappa shape index (κ2) is 2.53. The molecule has 1 heterocycles. The van der Waals surface area contributed by atoms with E-state index in [0.29, 0.717) is 0 Å². The van der Waals surface area contributed by atoms with Gasteiger partial charge in [-0.2, -0.15) is 0 Å². The summed E-state index contributed by atoms with van der Waals surface area (Å²) in [7, 11) is 0. The van der Waals surface area contributed by atoms with Crippen molar-refractivity contribution >= 4 is 5.69 Å². The Balaban J connectivity index is 2.09. The SMILES string of the molecule is Cc1ccc(N2C[C@@H]2C)c2c1CC2C. The highest BCUT2D eigenvalue weighted by Crippen LogP contribution is 2.45. The van der Waals surface area contributed by atoms with Crippen LogP contribution in [0.4, 0.5) is 5.69 Å². The topological polar surface area (TPSA) is 3.01 Å². The van der Waals surface area contributed by atoms with E-state index >= 15 is 0 Å². The van der Waals surface area contributed by atoms with Gasteiger partial charge in [0, 0.05) is 18.3 Å². The van der Waals surface area contributed by atoms with Crippen molar-refractivity contribution in [3.05, 3.63) is 28.8 Å². The number of hydrogen-bond acceptors (Lipinski definition) is 1. The summed E-state index contributed by atoms with van der Waals surface area (Å²) in [6.07, 6.45) is 1.29. The minimum absolute atomic E-state index is 0.773. The number of benzene rings is 1. The normalized spacial score (nSPS) is 28.4. The molecule has 0 aromatic heterocycles. The average Bonchev–Trinajstić information content (AvgIpc) is 2.84. The minimum atomic E-state index is 0.773. The van der Waals surface area contributed by atoms with Gasteiger partial charge in [0.05, 0.1) is 0 Å². The smallest absolute Gasteiger partial charge is 0.0438 e. The standard InChI is InChI=1S/C13H17N/c1-8-4-5-12(14-7-10(14)3)13-9(2)6-11(8)13/h4-5,9-10H,6-7H2,1-3H3/t9?,10-,14?/m0/s1. The van der Waals surface area contributed by atoms with Crippen molar-refractivity contribution in [3.8, 4) is 0 Å². The van der Waals surface area contributed by atoms with Crippen molar-refractivity contribution in [3.63, 3.8) is 0 Å². The first-order valence-electron chi connectivity index (χ1n) is 5.57. The zero-order valence-electron chi connectivity index (χ0n) is 9.17. The van der Waals surface area contributed by atoms with E-state index in [4.69, 9.17) is 0 Å². The summed E-state index contributed by atoms with van der Waals surface area (Å²) < 4.78 is 0. The summed E-state index contributed by atoms with van der Waals surface area (Å²) in [4.78, 5) is 2.51. The van der Waals surface area contributed by atoms with Gasteiger partial charge in [0.25, 0.3) is 0 Å². The van der Waals surface area contributed by atoms with Crippen LogP contribution in [0.15, 0.2) is 12.1 Å². The molecule has 0 radical (unpaired) electrons. The summed E-state index contributed by atoms with van der Waals surface area (Å²) >= 11 is 0. The van der Waals surface area contributed by atoms with Crippen LogP contribution in [0.1, 0.15) is 36.5 Å². The lowest BCUT2D eigenvalue weighted by Gasteiger charge is -2.32. The first-order valence-corrected chi connectivity index (χ1v) is 5.57. The quantitative estimate of drug-likeness (QED) is 0.611. The molecule has 0 spiro atoms. The number of fused-ring (bicyclic) bond motifs is 1. The van der Waals surface area contributed by atoms with Gasteiger partial charge in [-0.1, -0.05) is 13.0 Å². The maximum absolute atomic E-state index is 2.51. The average molecular weight is 187 g/mol. The van der Waals surface area contributed by atoms with E-state index in [2.05, 4.69) is 37.8 Å². The Morgan fingerprint density at radius 1 is 1.29 bits per heavy atom. The molecule has 1 aliphatic heterocycles. The highest BCUT2D eigenvalue weighted by atomic mass is 15.3. The third kappa shape index (κ3) is 0.956. The van der Waals surface area contributed by atoms with Crippen LogP contribution < -0.4 is 4.90 Å². The summed E-state index contributed by atoms with van der Waals surface area (Å²) in [6.45, 7) is 8.14. The lowest BCUT2D eigenvalue weighted by Crippen LogP contribution is -2.19. The maximum atomic E-state index is 2.51. The van der Waals surface area contributed by atoms with Crippen LogP contribution in [0.3, 0.4) is 0 Å². The van der Waals surface area contributed by atoms with Crippen LogP contribution in [-0.2, 0) is 6.42 Å². The summed E-state index contributed by atoms with van der Waals surface area (Å²) in [5.41, 5.74) is 6.25. The number of rotatable bonds is 1. The third-order valence-electron chi connectivity index (χ3n) is 3.74. The van der Waals surface area contributed by atoms with Crippen LogP contribution in [-0.4, -0.2) is 12.6 Å². The Hall–Kier alpha value is -0.980. The van der Waals surface area contributed by atoms with Crippen LogP contribution >= 0.6 is 0 Å². The van der Waals surface area contributed by atoms with E-state index in [9.17, 15) is 0 Å². The maximum Gasteiger partial charge on any atom is 0.0438 e. The molecule has 1 unspecified atom stereocenters. The fourth-order valence-electron chi connectivity index (χ4n) is 2.68. The van der Waals surface area contributed by atoms with Crippen molar-refractivity contribution < 1.29 is 0 Å². The predicted octanol–water partition coefficient (Wildman–Crippen LogP) is 2.86. The molecule has 1 nitrogen and oxygen atoms in total. The van der Waals surface area contributed by atoms with Crippen molar-refractivity contribution in [1.29, 1.82) is 0 Å². The first-order chi connectivity index (χ1) is 6.68. The van der Waals surface area contributed by atoms with Crippen LogP contribution in [0, 0.1) is 6.92 Å². The third-order valence-corrected chi connectivity index (χ3v) is 3.74. The predicted molar refractivity (Wildman–Crippen MR) is 60.1 cm³/mol. The summed E-state index contributed by atoms with van der Waals surface area (Å²) in [6, 6.07) is 5.37. The van der Waals surface area contributed by atoms with E-state index in [1.165, 1.54) is 24.2 Å². The van der Waals surface area contributed by atoms with Gasteiger partial charge in [-0.25, -0.2) is 0 Å². The van der Waals surface area contributed by atoms with Crippen LogP contribution in [0.25, 0.3) is 0 Å². The summed E-state index contributed by atoms with van der Waals surface area (Å²) in [5, 5.41) is 0. The number of aryl methyl sites for hydroxylation is 1. The number of anilines is 1. The van der Waals surface area contributed by atoms with E-state index in [-0.39, 0.29) is 0 Å². The second-order valence-electron chi connectivity index (χ2n) is 4.90. The molecule has 0 N–H and O–H groups in total. The molecule has 1 aromatic carbocycles. The Morgan fingerprint density at radius 2 is 2.00 bits per heavy atom. The summed E-state index contributed by atoms with van der Waals surface area (Å²) in [5.74, 6) is 0.785. The molecule has 2 atom stereocenters. The van der Waals surface area contributed by atoms with Gasteiger partial charge < -0.3 is 4.90 Å². The van der Waals surface area contributed by atoms with Gasteiger partial charge in [0.15, 0.2) is 0 Å². The molecule has 1 aromatic rings. The van der Waals surface area contributed by atoms with Gasteiger partial charge >= 0.3 is 0 Å². The Labute approximate surface area is 85.7 Å². The number of hydrogen-bond donors (Lipinski definition) is 0. The van der Waals surface area contributed by atoms with Gasteiger partial charge in [0.2, 0.25) is 0 Å². The zero-order valence-corrected chi connectivity index (χ0v) is 9.17. The molecule has 3 rings (SSSR count). The van der Waals surface area contributed by atoms with Gasteiger partial charge in [-0.15, -0.1) is 0 Å². The highest BCUT2D eigenvalue weighted by molar-refractivity contribution is 5.67. The first kappa shape index (κ1) is 8.34.